The van der Waals surface area contributed by atoms with Crippen molar-refractivity contribution in [3.05, 3.63) is 24.3 Å². The highest BCUT2D eigenvalue weighted by Crippen LogP contribution is 2.17. The molecular formula is C55H102O6. The summed E-state index contributed by atoms with van der Waals surface area (Å²) in [5.41, 5.74) is 0. The maximum absolute atomic E-state index is 12.8. The fraction of sp³-hybridized carbons (Fsp3) is 0.873. The zero-order chi connectivity index (χ0) is 44.4. The predicted molar refractivity (Wildman–Crippen MR) is 261 cm³/mol. The first-order valence-corrected chi connectivity index (χ1v) is 26.8. The molecule has 0 amide bonds. The molecule has 0 fully saturated rings. The smallest absolute Gasteiger partial charge is 0.306 e. The second kappa shape index (κ2) is 50.5. The van der Waals surface area contributed by atoms with Crippen LogP contribution in [-0.2, 0) is 28.6 Å². The Morgan fingerprint density at radius 2 is 0.639 bits per heavy atom. The Morgan fingerprint density at radius 1 is 0.344 bits per heavy atom. The fourth-order valence-corrected chi connectivity index (χ4v) is 7.95. The van der Waals surface area contributed by atoms with E-state index in [1.807, 2.05) is 0 Å². The van der Waals surface area contributed by atoms with Crippen molar-refractivity contribution >= 4 is 17.9 Å². The normalized spacial score (nSPS) is 12.1. The minimum Gasteiger partial charge on any atom is -0.462 e. The third kappa shape index (κ3) is 48.8. The summed E-state index contributed by atoms with van der Waals surface area (Å²) >= 11 is 0. The molecule has 6 heteroatoms. The molecule has 1 unspecified atom stereocenters. The van der Waals surface area contributed by atoms with Crippen molar-refractivity contribution in [3.63, 3.8) is 0 Å². The minimum absolute atomic E-state index is 0.0705. The molecule has 1 atom stereocenters. The van der Waals surface area contributed by atoms with Crippen LogP contribution in [0.1, 0.15) is 290 Å². The standard InChI is InChI=1S/C55H102O6/c1-4-7-10-13-16-19-22-25-27-28-29-31-33-36-39-42-45-48-54(57)60-51-52(50-59-53(56)47-44-41-38-35-32-24-21-18-15-12-9-6-3)61-55(58)49-46-43-40-37-34-30-26-23-20-17-14-11-8-5-2/h9,12,18,21,52H,4-8,10-11,13-17,19-20,22-51H2,1-3H3/b12-9-,21-18-. The van der Waals surface area contributed by atoms with E-state index in [0.29, 0.717) is 19.3 Å². The van der Waals surface area contributed by atoms with Crippen LogP contribution in [0, 0.1) is 0 Å². The van der Waals surface area contributed by atoms with Crippen molar-refractivity contribution < 1.29 is 28.6 Å². The molecule has 0 spiro atoms. The summed E-state index contributed by atoms with van der Waals surface area (Å²) in [5, 5.41) is 0. The number of unbranched alkanes of at least 4 members (excludes halogenated alkanes) is 34. The van der Waals surface area contributed by atoms with Crippen molar-refractivity contribution in [3.8, 4) is 0 Å². The van der Waals surface area contributed by atoms with Crippen LogP contribution < -0.4 is 0 Å². The van der Waals surface area contributed by atoms with Gasteiger partial charge >= 0.3 is 17.9 Å². The van der Waals surface area contributed by atoms with Gasteiger partial charge in [-0.3, -0.25) is 14.4 Å². The van der Waals surface area contributed by atoms with E-state index in [2.05, 4.69) is 45.1 Å². The average molecular weight is 859 g/mol. The predicted octanol–water partition coefficient (Wildman–Crippen LogP) is 17.5. The van der Waals surface area contributed by atoms with Gasteiger partial charge in [-0.2, -0.15) is 0 Å². The van der Waals surface area contributed by atoms with Crippen LogP contribution in [0.4, 0.5) is 0 Å². The monoisotopic (exact) mass is 859 g/mol. The van der Waals surface area contributed by atoms with Gasteiger partial charge in [-0.05, 0) is 44.9 Å². The van der Waals surface area contributed by atoms with E-state index in [9.17, 15) is 14.4 Å². The molecule has 0 saturated carbocycles. The Balaban J connectivity index is 4.31. The zero-order valence-electron chi connectivity index (χ0n) is 40.9. The van der Waals surface area contributed by atoms with E-state index >= 15 is 0 Å². The summed E-state index contributed by atoms with van der Waals surface area (Å²) < 4.78 is 16.8. The summed E-state index contributed by atoms with van der Waals surface area (Å²) in [7, 11) is 0. The summed E-state index contributed by atoms with van der Waals surface area (Å²) in [6, 6.07) is 0. The Bertz CT molecular complexity index is 989. The lowest BCUT2D eigenvalue weighted by Crippen LogP contribution is -2.30. The molecule has 0 aromatic carbocycles. The summed E-state index contributed by atoms with van der Waals surface area (Å²) in [5.74, 6) is -0.869. The molecular weight excluding hydrogens is 757 g/mol. The van der Waals surface area contributed by atoms with Crippen molar-refractivity contribution in [1.29, 1.82) is 0 Å². The molecule has 0 aliphatic carbocycles. The van der Waals surface area contributed by atoms with Crippen molar-refractivity contribution in [2.75, 3.05) is 13.2 Å². The first kappa shape index (κ1) is 58.9. The van der Waals surface area contributed by atoms with Gasteiger partial charge in [-0.15, -0.1) is 0 Å². The Morgan fingerprint density at radius 3 is 0.984 bits per heavy atom. The maximum Gasteiger partial charge on any atom is 0.306 e. The average Bonchev–Trinajstić information content (AvgIpc) is 3.26. The van der Waals surface area contributed by atoms with Gasteiger partial charge in [0.2, 0.25) is 0 Å². The lowest BCUT2D eigenvalue weighted by molar-refractivity contribution is -0.167. The number of ether oxygens (including phenoxy) is 3. The number of allylic oxidation sites excluding steroid dienone is 4. The Labute approximate surface area is 379 Å². The van der Waals surface area contributed by atoms with Gasteiger partial charge in [0.1, 0.15) is 13.2 Å². The molecule has 0 rings (SSSR count). The number of rotatable bonds is 49. The molecule has 61 heavy (non-hydrogen) atoms. The molecule has 0 saturated heterocycles. The van der Waals surface area contributed by atoms with E-state index in [0.717, 1.165) is 83.5 Å². The summed E-state index contributed by atoms with van der Waals surface area (Å²) in [4.78, 5) is 38.0. The second-order valence-corrected chi connectivity index (χ2v) is 18.1. The van der Waals surface area contributed by atoms with Gasteiger partial charge < -0.3 is 14.2 Å². The van der Waals surface area contributed by atoms with Gasteiger partial charge in [0, 0.05) is 19.3 Å². The number of carbonyl (C=O) groups is 3. The van der Waals surface area contributed by atoms with Crippen LogP contribution in [0.3, 0.4) is 0 Å². The summed E-state index contributed by atoms with van der Waals surface area (Å²) in [6.45, 7) is 6.56. The molecule has 0 aliphatic rings. The number of carbonyl (C=O) groups excluding carboxylic acids is 3. The SMILES string of the molecule is CC/C=C\C/C=C\CCCCCCCC(=O)OCC(COC(=O)CCCCCCCCCCCCCCCCCCC)OC(=O)CCCCCCCCCCCCCCCC. The molecule has 358 valence electrons. The van der Waals surface area contributed by atoms with Gasteiger partial charge in [-0.1, -0.05) is 251 Å². The summed E-state index contributed by atoms with van der Waals surface area (Å²) in [6.07, 6.45) is 57.4. The highest BCUT2D eigenvalue weighted by Gasteiger charge is 2.19. The van der Waals surface area contributed by atoms with Crippen molar-refractivity contribution in [2.24, 2.45) is 0 Å². The van der Waals surface area contributed by atoms with Crippen LogP contribution in [0.15, 0.2) is 24.3 Å². The van der Waals surface area contributed by atoms with Gasteiger partial charge in [-0.25, -0.2) is 0 Å². The van der Waals surface area contributed by atoms with E-state index in [1.54, 1.807) is 0 Å². The first-order chi connectivity index (χ1) is 30.0. The number of hydrogen-bond acceptors (Lipinski definition) is 6. The largest absolute Gasteiger partial charge is 0.462 e. The number of esters is 3. The highest BCUT2D eigenvalue weighted by atomic mass is 16.6. The highest BCUT2D eigenvalue weighted by molar-refractivity contribution is 5.71. The van der Waals surface area contributed by atoms with Crippen molar-refractivity contribution in [1.82, 2.24) is 0 Å². The molecule has 0 heterocycles. The van der Waals surface area contributed by atoms with Crippen LogP contribution in [-0.4, -0.2) is 37.2 Å². The third-order valence-electron chi connectivity index (χ3n) is 12.0. The van der Waals surface area contributed by atoms with Gasteiger partial charge in [0.05, 0.1) is 0 Å². The molecule has 0 N–H and O–H groups in total. The molecule has 6 nitrogen and oxygen atoms in total. The van der Waals surface area contributed by atoms with Gasteiger partial charge in [0.15, 0.2) is 6.10 Å². The molecule has 0 aromatic heterocycles. The van der Waals surface area contributed by atoms with E-state index in [4.69, 9.17) is 14.2 Å². The lowest BCUT2D eigenvalue weighted by atomic mass is 10.0. The number of hydrogen-bond donors (Lipinski definition) is 0. The molecule has 0 aromatic rings. The Hall–Kier alpha value is -2.11. The topological polar surface area (TPSA) is 78.9 Å². The zero-order valence-corrected chi connectivity index (χ0v) is 40.9. The quantitative estimate of drug-likeness (QED) is 0.0262. The van der Waals surface area contributed by atoms with Crippen LogP contribution >= 0.6 is 0 Å². The molecule has 0 radical (unpaired) electrons. The molecule has 0 bridgehead atoms. The van der Waals surface area contributed by atoms with E-state index < -0.39 is 6.10 Å². The maximum atomic E-state index is 12.8. The van der Waals surface area contributed by atoms with Crippen molar-refractivity contribution in [2.45, 2.75) is 297 Å². The second-order valence-electron chi connectivity index (χ2n) is 18.1. The Kier molecular flexibility index (Phi) is 48.8. The lowest BCUT2D eigenvalue weighted by Gasteiger charge is -2.18. The van der Waals surface area contributed by atoms with Crippen LogP contribution in [0.5, 0.6) is 0 Å². The molecule has 0 aliphatic heterocycles. The van der Waals surface area contributed by atoms with E-state index in [1.165, 1.54) is 167 Å². The van der Waals surface area contributed by atoms with Crippen LogP contribution in [0.2, 0.25) is 0 Å². The third-order valence-corrected chi connectivity index (χ3v) is 12.0. The first-order valence-electron chi connectivity index (χ1n) is 26.8. The van der Waals surface area contributed by atoms with Gasteiger partial charge in [0.25, 0.3) is 0 Å². The van der Waals surface area contributed by atoms with Crippen LogP contribution in [0.25, 0.3) is 0 Å². The van der Waals surface area contributed by atoms with E-state index in [-0.39, 0.29) is 31.1 Å². The minimum atomic E-state index is -0.770. The fourth-order valence-electron chi connectivity index (χ4n) is 7.95.